The minimum atomic E-state index is -4.22. The first kappa shape index (κ1) is 23.4. The zero-order chi connectivity index (χ0) is 22.4. The van der Waals surface area contributed by atoms with Crippen LogP contribution in [-0.4, -0.2) is 37.4 Å². The van der Waals surface area contributed by atoms with Crippen LogP contribution in [0.15, 0.2) is 59.5 Å². The van der Waals surface area contributed by atoms with Crippen LogP contribution in [0, 0.1) is 12.7 Å². The summed E-state index contributed by atoms with van der Waals surface area (Å²) in [6.45, 7) is 1.85. The van der Waals surface area contributed by atoms with Gasteiger partial charge in [0.05, 0.1) is 10.6 Å². The third-order valence-corrected chi connectivity index (χ3v) is 7.68. The van der Waals surface area contributed by atoms with E-state index in [1.54, 1.807) is 0 Å². The number of benzene rings is 2. The Labute approximate surface area is 189 Å². The Morgan fingerprint density at radius 1 is 1.16 bits per heavy atom. The lowest BCUT2D eigenvalue weighted by Gasteiger charge is -2.17. The molecule has 0 saturated heterocycles. The number of hydrogen-bond acceptors (Lipinski definition) is 6. The molecule has 31 heavy (non-hydrogen) atoms. The van der Waals surface area contributed by atoms with E-state index in [0.717, 1.165) is 28.3 Å². The molecule has 164 valence electrons. The van der Waals surface area contributed by atoms with Gasteiger partial charge in [-0.2, -0.15) is 16.5 Å². The van der Waals surface area contributed by atoms with Crippen molar-refractivity contribution in [2.75, 3.05) is 17.3 Å². The summed E-state index contributed by atoms with van der Waals surface area (Å²) in [5, 5.41) is 3.08. The second kappa shape index (κ2) is 10.4. The molecule has 0 saturated carbocycles. The van der Waals surface area contributed by atoms with Crippen LogP contribution in [0.4, 0.5) is 9.52 Å². The number of sulfonamides is 1. The van der Waals surface area contributed by atoms with E-state index in [-0.39, 0.29) is 6.42 Å². The van der Waals surface area contributed by atoms with Crippen LogP contribution in [0.5, 0.6) is 0 Å². The lowest BCUT2D eigenvalue weighted by Crippen LogP contribution is -2.44. The van der Waals surface area contributed by atoms with Gasteiger partial charge in [-0.1, -0.05) is 53.8 Å². The van der Waals surface area contributed by atoms with Gasteiger partial charge in [0.15, 0.2) is 5.13 Å². The first-order chi connectivity index (χ1) is 14.8. The average molecular weight is 480 g/mol. The van der Waals surface area contributed by atoms with Crippen molar-refractivity contribution >= 4 is 44.2 Å². The molecule has 0 radical (unpaired) electrons. The Morgan fingerprint density at radius 2 is 1.84 bits per heavy atom. The largest absolute Gasteiger partial charge is 0.301 e. The Balaban J connectivity index is 1.80. The van der Waals surface area contributed by atoms with Gasteiger partial charge in [0.1, 0.15) is 16.8 Å². The van der Waals surface area contributed by atoms with E-state index in [1.165, 1.54) is 35.2 Å². The lowest BCUT2D eigenvalue weighted by molar-refractivity contribution is -0.117. The molecular formula is C21H22FN3O3S3. The van der Waals surface area contributed by atoms with Crippen LogP contribution in [0.1, 0.15) is 12.1 Å². The smallest absolute Gasteiger partial charge is 0.244 e. The highest BCUT2D eigenvalue weighted by Crippen LogP contribution is 2.32. The molecule has 1 unspecified atom stereocenters. The molecule has 0 bridgehead atoms. The molecule has 0 fully saturated rings. The number of carbonyl (C=O) groups is 1. The molecule has 2 N–H and O–H groups in total. The van der Waals surface area contributed by atoms with Crippen molar-refractivity contribution in [1.29, 1.82) is 0 Å². The molecule has 1 amide bonds. The molecule has 0 aliphatic rings. The summed E-state index contributed by atoms with van der Waals surface area (Å²) in [5.41, 5.74) is 1.75. The highest BCUT2D eigenvalue weighted by Gasteiger charge is 2.28. The van der Waals surface area contributed by atoms with Gasteiger partial charge in [-0.25, -0.2) is 17.8 Å². The van der Waals surface area contributed by atoms with E-state index in [0.29, 0.717) is 10.9 Å². The van der Waals surface area contributed by atoms with E-state index in [2.05, 4.69) is 15.0 Å². The van der Waals surface area contributed by atoms with Crippen molar-refractivity contribution in [2.45, 2.75) is 24.3 Å². The first-order valence-electron chi connectivity index (χ1n) is 9.41. The molecular weight excluding hydrogens is 457 g/mol. The SMILES string of the molecule is CSCCC(NS(=O)(=O)c1ccccc1F)C(=O)Nc1nc(C)c(-c2ccccc2)s1. The van der Waals surface area contributed by atoms with Gasteiger partial charge in [0.25, 0.3) is 0 Å². The van der Waals surface area contributed by atoms with Crippen LogP contribution < -0.4 is 10.0 Å². The molecule has 6 nitrogen and oxygen atoms in total. The summed E-state index contributed by atoms with van der Waals surface area (Å²) in [5.74, 6) is -0.867. The monoisotopic (exact) mass is 479 g/mol. The molecule has 10 heteroatoms. The summed E-state index contributed by atoms with van der Waals surface area (Å²) >= 11 is 2.79. The summed E-state index contributed by atoms with van der Waals surface area (Å²) in [7, 11) is -4.22. The third kappa shape index (κ3) is 5.91. The van der Waals surface area contributed by atoms with Gasteiger partial charge in [0, 0.05) is 0 Å². The minimum Gasteiger partial charge on any atom is -0.301 e. The number of aromatic nitrogens is 1. The molecule has 0 aliphatic heterocycles. The van der Waals surface area contributed by atoms with E-state index in [4.69, 9.17) is 0 Å². The minimum absolute atomic E-state index is 0.247. The van der Waals surface area contributed by atoms with E-state index in [1.807, 2.05) is 43.5 Å². The normalized spacial score (nSPS) is 12.5. The summed E-state index contributed by atoms with van der Waals surface area (Å²) in [4.78, 5) is 17.7. The third-order valence-electron chi connectivity index (χ3n) is 4.41. The maximum Gasteiger partial charge on any atom is 0.244 e. The van der Waals surface area contributed by atoms with Crippen LogP contribution in [0.3, 0.4) is 0 Å². The van der Waals surface area contributed by atoms with Gasteiger partial charge in [-0.3, -0.25) is 4.79 Å². The van der Waals surface area contributed by atoms with Crippen molar-refractivity contribution in [3.05, 3.63) is 66.1 Å². The molecule has 1 atom stereocenters. The Bertz CT molecular complexity index is 1150. The number of thiazole rings is 1. The number of rotatable bonds is 9. The number of halogens is 1. The Morgan fingerprint density at radius 3 is 2.52 bits per heavy atom. The van der Waals surface area contributed by atoms with Crippen LogP contribution in [0.2, 0.25) is 0 Å². The van der Waals surface area contributed by atoms with Crippen LogP contribution in [0.25, 0.3) is 10.4 Å². The van der Waals surface area contributed by atoms with Gasteiger partial charge < -0.3 is 5.32 Å². The predicted molar refractivity (Wildman–Crippen MR) is 124 cm³/mol. The number of hydrogen-bond donors (Lipinski definition) is 2. The van der Waals surface area contributed by atoms with Crippen molar-refractivity contribution in [3.63, 3.8) is 0 Å². The van der Waals surface area contributed by atoms with Gasteiger partial charge in [-0.05, 0) is 43.0 Å². The molecule has 3 aromatic rings. The Kier molecular flexibility index (Phi) is 7.82. The highest BCUT2D eigenvalue weighted by molar-refractivity contribution is 7.98. The number of anilines is 1. The van der Waals surface area contributed by atoms with E-state index >= 15 is 0 Å². The first-order valence-corrected chi connectivity index (χ1v) is 13.1. The van der Waals surface area contributed by atoms with Gasteiger partial charge in [-0.15, -0.1) is 0 Å². The fourth-order valence-electron chi connectivity index (χ4n) is 2.89. The van der Waals surface area contributed by atoms with Crippen molar-refractivity contribution < 1.29 is 17.6 Å². The predicted octanol–water partition coefficient (Wildman–Crippen LogP) is 4.30. The van der Waals surface area contributed by atoms with Crippen molar-refractivity contribution in [1.82, 2.24) is 9.71 Å². The maximum atomic E-state index is 14.0. The molecule has 0 spiro atoms. The zero-order valence-corrected chi connectivity index (χ0v) is 19.4. The van der Waals surface area contributed by atoms with Crippen molar-refractivity contribution in [3.8, 4) is 10.4 Å². The fraction of sp³-hybridized carbons (Fsp3) is 0.238. The topological polar surface area (TPSA) is 88.2 Å². The maximum absolute atomic E-state index is 14.0. The summed E-state index contributed by atoms with van der Waals surface area (Å²) < 4.78 is 41.7. The van der Waals surface area contributed by atoms with Crippen LogP contribution in [-0.2, 0) is 14.8 Å². The van der Waals surface area contributed by atoms with E-state index in [9.17, 15) is 17.6 Å². The number of thioether (sulfide) groups is 1. The number of aryl methyl sites for hydroxylation is 1. The molecule has 0 aliphatic carbocycles. The average Bonchev–Trinajstić information content (AvgIpc) is 3.11. The number of carbonyl (C=O) groups excluding carboxylic acids is 1. The second-order valence-electron chi connectivity index (χ2n) is 6.67. The highest BCUT2D eigenvalue weighted by atomic mass is 32.2. The molecule has 1 aromatic heterocycles. The summed E-state index contributed by atoms with van der Waals surface area (Å²) in [6.07, 6.45) is 2.10. The van der Waals surface area contributed by atoms with Gasteiger partial charge >= 0.3 is 0 Å². The zero-order valence-electron chi connectivity index (χ0n) is 17.0. The van der Waals surface area contributed by atoms with Gasteiger partial charge in [0.2, 0.25) is 15.9 Å². The second-order valence-corrected chi connectivity index (χ2v) is 10.3. The number of nitrogens with zero attached hydrogens (tertiary/aromatic N) is 1. The Hall–Kier alpha value is -2.27. The van der Waals surface area contributed by atoms with Crippen molar-refractivity contribution in [2.24, 2.45) is 0 Å². The summed E-state index contributed by atoms with van der Waals surface area (Å²) in [6, 6.07) is 13.7. The standard InChI is InChI=1S/C21H22FN3O3S3/c1-14-19(15-8-4-3-5-9-15)30-21(23-14)24-20(26)17(12-13-29-2)25-31(27,28)18-11-7-6-10-16(18)22/h3-11,17,25H,12-13H2,1-2H3,(H,23,24,26). The number of amides is 1. The fourth-order valence-corrected chi connectivity index (χ4v) is 5.65. The van der Waals surface area contributed by atoms with E-state index < -0.39 is 32.7 Å². The lowest BCUT2D eigenvalue weighted by atomic mass is 10.2. The quantitative estimate of drug-likeness (QED) is 0.478. The van der Waals surface area contributed by atoms with Crippen LogP contribution >= 0.6 is 23.1 Å². The molecule has 2 aromatic carbocycles. The number of nitrogens with one attached hydrogen (secondary N) is 2. The molecule has 3 rings (SSSR count). The molecule has 1 heterocycles.